The molecule has 0 aromatic heterocycles. The molecule has 0 aliphatic carbocycles. The molecule has 3 N–H and O–H groups in total. The first kappa shape index (κ1) is 11.2. The van der Waals surface area contributed by atoms with Crippen molar-refractivity contribution >= 4 is 27.5 Å². The number of benzene rings is 1. The minimum absolute atomic E-state index is 0.0643. The highest BCUT2D eigenvalue weighted by Gasteiger charge is 2.03. The Labute approximate surface area is 91.8 Å². The van der Waals surface area contributed by atoms with Crippen molar-refractivity contribution in [1.29, 1.82) is 0 Å². The second kappa shape index (κ2) is 5.12. The van der Waals surface area contributed by atoms with Crippen LogP contribution >= 0.6 is 15.9 Å². The first-order valence-electron chi connectivity index (χ1n) is 4.39. The van der Waals surface area contributed by atoms with E-state index >= 15 is 0 Å². The van der Waals surface area contributed by atoms with Gasteiger partial charge in [0.2, 0.25) is 5.91 Å². The van der Waals surface area contributed by atoms with Gasteiger partial charge in [-0.15, -0.1) is 0 Å². The van der Waals surface area contributed by atoms with Gasteiger partial charge in [0, 0.05) is 17.1 Å². The average molecular weight is 257 g/mol. The summed E-state index contributed by atoms with van der Waals surface area (Å²) in [6.07, 6.45) is 0.759. The van der Waals surface area contributed by atoms with Crippen LogP contribution in [0.15, 0.2) is 22.7 Å². The monoisotopic (exact) mass is 256 g/mol. The molecule has 1 aromatic carbocycles. The standard InChI is InChI=1S/C10H13BrN2O/c1-7(14)13-10-3-2-9(11)6-8(10)4-5-12/h2-3,6H,4-5,12H2,1H3,(H,13,14). The summed E-state index contributed by atoms with van der Waals surface area (Å²) in [4.78, 5) is 10.9. The fourth-order valence-corrected chi connectivity index (χ4v) is 1.64. The number of hydrogen-bond acceptors (Lipinski definition) is 2. The molecule has 0 atom stereocenters. The van der Waals surface area contributed by atoms with Crippen LogP contribution < -0.4 is 11.1 Å². The molecule has 14 heavy (non-hydrogen) atoms. The van der Waals surface area contributed by atoms with Crippen molar-refractivity contribution in [3.8, 4) is 0 Å². The van der Waals surface area contributed by atoms with Crippen molar-refractivity contribution < 1.29 is 4.79 Å². The van der Waals surface area contributed by atoms with Crippen LogP contribution in [-0.4, -0.2) is 12.5 Å². The summed E-state index contributed by atoms with van der Waals surface area (Å²) in [5.41, 5.74) is 7.37. The molecule has 0 unspecified atom stereocenters. The van der Waals surface area contributed by atoms with Crippen LogP contribution in [0.25, 0.3) is 0 Å². The Kier molecular flexibility index (Phi) is 4.10. The van der Waals surface area contributed by atoms with Crippen molar-refractivity contribution in [2.75, 3.05) is 11.9 Å². The summed E-state index contributed by atoms with van der Waals surface area (Å²) in [7, 11) is 0. The zero-order valence-electron chi connectivity index (χ0n) is 8.01. The van der Waals surface area contributed by atoms with Gasteiger partial charge >= 0.3 is 0 Å². The van der Waals surface area contributed by atoms with Crippen LogP contribution in [0.4, 0.5) is 5.69 Å². The van der Waals surface area contributed by atoms with E-state index in [1.54, 1.807) is 0 Å². The van der Waals surface area contributed by atoms with E-state index in [2.05, 4.69) is 21.2 Å². The third-order valence-electron chi connectivity index (χ3n) is 1.79. The molecular formula is C10H13BrN2O. The Hall–Kier alpha value is -0.870. The fraction of sp³-hybridized carbons (Fsp3) is 0.300. The third-order valence-corrected chi connectivity index (χ3v) is 2.28. The van der Waals surface area contributed by atoms with Crippen molar-refractivity contribution in [1.82, 2.24) is 0 Å². The van der Waals surface area contributed by atoms with Gasteiger partial charge < -0.3 is 11.1 Å². The lowest BCUT2D eigenvalue weighted by molar-refractivity contribution is -0.114. The normalized spacial score (nSPS) is 9.93. The van der Waals surface area contributed by atoms with Gasteiger partial charge in [-0.25, -0.2) is 0 Å². The Morgan fingerprint density at radius 1 is 1.57 bits per heavy atom. The fourth-order valence-electron chi connectivity index (χ4n) is 1.24. The molecule has 0 saturated carbocycles. The number of rotatable bonds is 3. The largest absolute Gasteiger partial charge is 0.330 e. The summed E-state index contributed by atoms with van der Waals surface area (Å²) in [5.74, 6) is -0.0643. The van der Waals surface area contributed by atoms with Gasteiger partial charge in [-0.05, 0) is 36.7 Å². The predicted molar refractivity (Wildman–Crippen MR) is 61.2 cm³/mol. The molecule has 3 nitrogen and oxygen atoms in total. The molecule has 0 heterocycles. The van der Waals surface area contributed by atoms with E-state index in [9.17, 15) is 4.79 Å². The quantitative estimate of drug-likeness (QED) is 0.869. The van der Waals surface area contributed by atoms with Crippen LogP contribution in [0.5, 0.6) is 0 Å². The zero-order valence-corrected chi connectivity index (χ0v) is 9.60. The summed E-state index contributed by atoms with van der Waals surface area (Å²) in [5, 5.41) is 2.77. The molecule has 1 amide bonds. The van der Waals surface area contributed by atoms with E-state index in [1.165, 1.54) is 6.92 Å². The first-order chi connectivity index (χ1) is 6.63. The van der Waals surface area contributed by atoms with Crippen molar-refractivity contribution in [3.63, 3.8) is 0 Å². The van der Waals surface area contributed by atoms with E-state index in [0.717, 1.165) is 22.1 Å². The number of nitrogens with two attached hydrogens (primary N) is 1. The van der Waals surface area contributed by atoms with E-state index in [-0.39, 0.29) is 5.91 Å². The SMILES string of the molecule is CC(=O)Nc1ccc(Br)cc1CCN. The third kappa shape index (κ3) is 3.12. The molecule has 0 saturated heterocycles. The van der Waals surface area contributed by atoms with E-state index < -0.39 is 0 Å². The smallest absolute Gasteiger partial charge is 0.221 e. The second-order valence-electron chi connectivity index (χ2n) is 3.02. The molecular weight excluding hydrogens is 244 g/mol. The predicted octanol–water partition coefficient (Wildman–Crippen LogP) is 1.91. The summed E-state index contributed by atoms with van der Waals surface area (Å²) in [6.45, 7) is 2.07. The molecule has 1 aromatic rings. The highest BCUT2D eigenvalue weighted by Crippen LogP contribution is 2.21. The molecule has 0 fully saturated rings. The van der Waals surface area contributed by atoms with Crippen LogP contribution in [0.1, 0.15) is 12.5 Å². The lowest BCUT2D eigenvalue weighted by atomic mass is 10.1. The molecule has 76 valence electrons. The number of hydrogen-bond donors (Lipinski definition) is 2. The van der Waals surface area contributed by atoms with E-state index in [4.69, 9.17) is 5.73 Å². The lowest BCUT2D eigenvalue weighted by Gasteiger charge is -2.09. The number of amides is 1. The maximum absolute atomic E-state index is 10.9. The highest BCUT2D eigenvalue weighted by atomic mass is 79.9. The maximum Gasteiger partial charge on any atom is 0.221 e. The van der Waals surface area contributed by atoms with Crippen LogP contribution in [0, 0.1) is 0 Å². The zero-order chi connectivity index (χ0) is 10.6. The van der Waals surface area contributed by atoms with E-state index in [0.29, 0.717) is 6.54 Å². The van der Waals surface area contributed by atoms with E-state index in [1.807, 2.05) is 18.2 Å². The van der Waals surface area contributed by atoms with Crippen LogP contribution in [0.2, 0.25) is 0 Å². The summed E-state index contributed by atoms with van der Waals surface area (Å²) >= 11 is 3.38. The molecule has 0 aliphatic rings. The van der Waals surface area contributed by atoms with Gasteiger partial charge in [0.25, 0.3) is 0 Å². The minimum atomic E-state index is -0.0643. The van der Waals surface area contributed by atoms with Crippen LogP contribution in [0.3, 0.4) is 0 Å². The van der Waals surface area contributed by atoms with Crippen molar-refractivity contribution in [2.45, 2.75) is 13.3 Å². The Bertz CT molecular complexity index is 339. The van der Waals surface area contributed by atoms with Gasteiger partial charge in [0.1, 0.15) is 0 Å². The van der Waals surface area contributed by atoms with Gasteiger partial charge in [0.15, 0.2) is 0 Å². The molecule has 4 heteroatoms. The topological polar surface area (TPSA) is 55.1 Å². The molecule has 0 aliphatic heterocycles. The Morgan fingerprint density at radius 2 is 2.29 bits per heavy atom. The summed E-state index contributed by atoms with van der Waals surface area (Å²) < 4.78 is 0.995. The number of anilines is 1. The number of nitrogens with one attached hydrogen (secondary N) is 1. The molecule has 1 rings (SSSR count). The Morgan fingerprint density at radius 3 is 2.86 bits per heavy atom. The van der Waals surface area contributed by atoms with Gasteiger partial charge in [-0.3, -0.25) is 4.79 Å². The minimum Gasteiger partial charge on any atom is -0.330 e. The van der Waals surface area contributed by atoms with Gasteiger partial charge in [-0.1, -0.05) is 15.9 Å². The van der Waals surface area contributed by atoms with Crippen molar-refractivity contribution in [2.24, 2.45) is 5.73 Å². The van der Waals surface area contributed by atoms with Gasteiger partial charge in [-0.2, -0.15) is 0 Å². The molecule has 0 spiro atoms. The lowest BCUT2D eigenvalue weighted by Crippen LogP contribution is -2.10. The maximum atomic E-state index is 10.9. The number of halogens is 1. The van der Waals surface area contributed by atoms with Crippen molar-refractivity contribution in [3.05, 3.63) is 28.2 Å². The average Bonchev–Trinajstić information content (AvgIpc) is 2.09. The second-order valence-corrected chi connectivity index (χ2v) is 3.94. The first-order valence-corrected chi connectivity index (χ1v) is 5.19. The number of carbonyl (C=O) groups is 1. The van der Waals surface area contributed by atoms with Crippen LogP contribution in [-0.2, 0) is 11.2 Å². The molecule has 0 bridgehead atoms. The van der Waals surface area contributed by atoms with Gasteiger partial charge in [0.05, 0.1) is 0 Å². The number of carbonyl (C=O) groups excluding carboxylic acids is 1. The summed E-state index contributed by atoms with van der Waals surface area (Å²) in [6, 6.07) is 5.74. The Balaban J connectivity index is 2.95. The molecule has 0 radical (unpaired) electrons. The highest BCUT2D eigenvalue weighted by molar-refractivity contribution is 9.10.